The zero-order valence-corrected chi connectivity index (χ0v) is 8.25. The number of carbonyl (C=O) groups excluding carboxylic acids is 1. The number of hydrogen-bond donors (Lipinski definition) is 2. The van der Waals surface area contributed by atoms with E-state index in [9.17, 15) is 4.79 Å². The van der Waals surface area contributed by atoms with Crippen molar-refractivity contribution < 1.29 is 4.79 Å². The molecule has 1 N–H and O–H groups in total. The van der Waals surface area contributed by atoms with Gasteiger partial charge in [0.1, 0.15) is 0 Å². The number of halogens is 2. The van der Waals surface area contributed by atoms with Gasteiger partial charge in [-0.15, -0.1) is 0 Å². The van der Waals surface area contributed by atoms with Gasteiger partial charge in [0.2, 0.25) is 0 Å². The highest BCUT2D eigenvalue weighted by Crippen LogP contribution is 2.29. The molecule has 0 saturated heterocycles. The van der Waals surface area contributed by atoms with Crippen LogP contribution in [0.4, 0.5) is 10.5 Å². The Morgan fingerprint density at radius 1 is 1.33 bits per heavy atom. The maximum absolute atomic E-state index is 10.6. The second-order valence-electron chi connectivity index (χ2n) is 2.03. The van der Waals surface area contributed by atoms with Gasteiger partial charge in [0.05, 0.1) is 15.7 Å². The van der Waals surface area contributed by atoms with Crippen LogP contribution in [0.15, 0.2) is 18.2 Å². The Hall–Kier alpha value is -0.380. The van der Waals surface area contributed by atoms with E-state index in [-0.39, 0.29) is 0 Å². The Morgan fingerprint density at radius 3 is 2.25 bits per heavy atom. The number of amides is 1. The van der Waals surface area contributed by atoms with Crippen molar-refractivity contribution in [2.75, 3.05) is 5.32 Å². The van der Waals surface area contributed by atoms with Crippen molar-refractivity contribution in [2.45, 2.75) is 0 Å². The lowest BCUT2D eigenvalue weighted by atomic mass is 10.3. The molecule has 2 nitrogen and oxygen atoms in total. The molecule has 1 aromatic rings. The summed E-state index contributed by atoms with van der Waals surface area (Å²) in [6, 6.07) is 4.96. The summed E-state index contributed by atoms with van der Waals surface area (Å²) in [7, 11) is 0. The van der Waals surface area contributed by atoms with E-state index in [1.54, 1.807) is 18.2 Å². The van der Waals surface area contributed by atoms with E-state index in [2.05, 4.69) is 17.9 Å². The Bertz CT molecular complexity index is 296. The summed E-state index contributed by atoms with van der Waals surface area (Å²) in [5.41, 5.74) is 0.390. The van der Waals surface area contributed by atoms with Gasteiger partial charge < -0.3 is 5.32 Å². The molecule has 0 aromatic heterocycles. The lowest BCUT2D eigenvalue weighted by molar-refractivity contribution is 0.270. The molecule has 0 unspecified atom stereocenters. The number of thiol groups is 1. The van der Waals surface area contributed by atoms with Gasteiger partial charge in [-0.1, -0.05) is 41.9 Å². The Balaban J connectivity index is 3.04. The third kappa shape index (κ3) is 2.30. The fourth-order valence-corrected chi connectivity index (χ4v) is 1.33. The molecule has 12 heavy (non-hydrogen) atoms. The van der Waals surface area contributed by atoms with Crippen LogP contribution in [-0.2, 0) is 0 Å². The standard InChI is InChI=1S/C7H5Cl2NOS/c8-4-2-1-3-5(9)6(4)10-7(11)12/h1-3H,(H2,10,11,12). The van der Waals surface area contributed by atoms with E-state index in [0.717, 1.165) is 0 Å². The summed E-state index contributed by atoms with van der Waals surface area (Å²) in [5, 5.41) is 2.69. The summed E-state index contributed by atoms with van der Waals surface area (Å²) >= 11 is 15.0. The molecule has 0 aliphatic carbocycles. The SMILES string of the molecule is O=C(S)Nc1c(Cl)cccc1Cl. The Morgan fingerprint density at radius 2 is 1.83 bits per heavy atom. The van der Waals surface area contributed by atoms with Crippen molar-refractivity contribution in [3.63, 3.8) is 0 Å². The van der Waals surface area contributed by atoms with Crippen LogP contribution < -0.4 is 5.32 Å². The first-order chi connectivity index (χ1) is 5.61. The molecule has 1 rings (SSSR count). The fourth-order valence-electron chi connectivity index (χ4n) is 0.724. The number of carbonyl (C=O) groups is 1. The fraction of sp³-hybridized carbons (Fsp3) is 0. The van der Waals surface area contributed by atoms with E-state index < -0.39 is 5.24 Å². The van der Waals surface area contributed by atoms with Crippen molar-refractivity contribution >= 4 is 46.8 Å². The van der Waals surface area contributed by atoms with Gasteiger partial charge in [0, 0.05) is 0 Å². The molecule has 0 fully saturated rings. The zero-order valence-electron chi connectivity index (χ0n) is 5.84. The lowest BCUT2D eigenvalue weighted by Gasteiger charge is -2.05. The van der Waals surface area contributed by atoms with Crippen LogP contribution in [-0.4, -0.2) is 5.24 Å². The highest BCUT2D eigenvalue weighted by Gasteiger charge is 2.05. The van der Waals surface area contributed by atoms with Gasteiger partial charge in [0.15, 0.2) is 0 Å². The van der Waals surface area contributed by atoms with E-state index >= 15 is 0 Å². The van der Waals surface area contributed by atoms with E-state index in [0.29, 0.717) is 15.7 Å². The zero-order chi connectivity index (χ0) is 9.14. The molecule has 0 saturated carbocycles. The summed E-state index contributed by atoms with van der Waals surface area (Å²) in [5.74, 6) is 0. The van der Waals surface area contributed by atoms with Crippen LogP contribution in [0, 0.1) is 0 Å². The summed E-state index contributed by atoms with van der Waals surface area (Å²) in [6.45, 7) is 0. The average molecular weight is 222 g/mol. The number of rotatable bonds is 1. The molecule has 0 aliphatic heterocycles. The number of nitrogens with one attached hydrogen (secondary N) is 1. The first kappa shape index (κ1) is 9.71. The maximum atomic E-state index is 10.6. The number of para-hydroxylation sites is 1. The van der Waals surface area contributed by atoms with Crippen LogP contribution in [0.1, 0.15) is 0 Å². The Kier molecular flexibility index (Phi) is 3.26. The number of hydrogen-bond acceptors (Lipinski definition) is 1. The first-order valence-corrected chi connectivity index (χ1v) is 4.25. The van der Waals surface area contributed by atoms with Gasteiger partial charge in [-0.3, -0.25) is 4.79 Å². The van der Waals surface area contributed by atoms with Gasteiger partial charge in [-0.25, -0.2) is 0 Å². The van der Waals surface area contributed by atoms with Crippen LogP contribution in [0.5, 0.6) is 0 Å². The highest BCUT2D eigenvalue weighted by molar-refractivity contribution is 7.96. The molecule has 0 bridgehead atoms. The second kappa shape index (κ2) is 4.03. The minimum absolute atomic E-state index is 0.390. The molecular formula is C7H5Cl2NOS. The second-order valence-corrected chi connectivity index (χ2v) is 3.25. The van der Waals surface area contributed by atoms with E-state index in [1.807, 2.05) is 0 Å². The van der Waals surface area contributed by atoms with Crippen molar-refractivity contribution in [3.8, 4) is 0 Å². The van der Waals surface area contributed by atoms with Crippen LogP contribution in [0.3, 0.4) is 0 Å². The molecule has 5 heteroatoms. The summed E-state index contributed by atoms with van der Waals surface area (Å²) in [4.78, 5) is 10.6. The smallest absolute Gasteiger partial charge is 0.280 e. The van der Waals surface area contributed by atoms with E-state index in [4.69, 9.17) is 23.2 Å². The molecule has 1 amide bonds. The molecule has 0 atom stereocenters. The monoisotopic (exact) mass is 221 g/mol. The predicted octanol–water partition coefficient (Wildman–Crippen LogP) is 3.46. The van der Waals surface area contributed by atoms with Gasteiger partial charge in [-0.05, 0) is 12.1 Å². The quantitative estimate of drug-likeness (QED) is 0.700. The van der Waals surface area contributed by atoms with E-state index in [1.165, 1.54) is 0 Å². The number of benzene rings is 1. The van der Waals surface area contributed by atoms with Crippen molar-refractivity contribution in [1.29, 1.82) is 0 Å². The predicted molar refractivity (Wildman–Crippen MR) is 54.5 cm³/mol. The third-order valence-electron chi connectivity index (χ3n) is 1.19. The summed E-state index contributed by atoms with van der Waals surface area (Å²) < 4.78 is 0. The van der Waals surface area contributed by atoms with Gasteiger partial charge in [0.25, 0.3) is 5.24 Å². The molecule has 0 radical (unpaired) electrons. The molecular weight excluding hydrogens is 217 g/mol. The van der Waals surface area contributed by atoms with Crippen molar-refractivity contribution in [3.05, 3.63) is 28.2 Å². The first-order valence-electron chi connectivity index (χ1n) is 3.05. The third-order valence-corrected chi connectivity index (χ3v) is 1.94. The minimum atomic E-state index is -0.495. The minimum Gasteiger partial charge on any atom is -0.314 e. The van der Waals surface area contributed by atoms with Crippen LogP contribution in [0.2, 0.25) is 10.0 Å². The largest absolute Gasteiger partial charge is 0.314 e. The van der Waals surface area contributed by atoms with Crippen LogP contribution >= 0.6 is 35.8 Å². The average Bonchev–Trinajstić information content (AvgIpc) is 1.97. The maximum Gasteiger partial charge on any atom is 0.280 e. The summed E-state index contributed by atoms with van der Waals surface area (Å²) in [6.07, 6.45) is 0. The van der Waals surface area contributed by atoms with Crippen molar-refractivity contribution in [2.24, 2.45) is 0 Å². The topological polar surface area (TPSA) is 29.1 Å². The van der Waals surface area contributed by atoms with Crippen LogP contribution in [0.25, 0.3) is 0 Å². The normalized spacial score (nSPS) is 9.58. The number of anilines is 1. The highest BCUT2D eigenvalue weighted by atomic mass is 35.5. The molecule has 1 aromatic carbocycles. The van der Waals surface area contributed by atoms with Gasteiger partial charge >= 0.3 is 0 Å². The Labute approximate surface area is 85.3 Å². The van der Waals surface area contributed by atoms with Crippen molar-refractivity contribution in [1.82, 2.24) is 0 Å². The molecule has 0 heterocycles. The molecule has 0 spiro atoms. The van der Waals surface area contributed by atoms with Gasteiger partial charge in [-0.2, -0.15) is 0 Å². The molecule has 0 aliphatic rings. The lowest BCUT2D eigenvalue weighted by Crippen LogP contribution is -2.02. The molecule has 64 valence electrons.